The van der Waals surface area contributed by atoms with Crippen molar-refractivity contribution in [3.05, 3.63) is 81.8 Å². The zero-order valence-electron chi connectivity index (χ0n) is 12.6. The van der Waals surface area contributed by atoms with Crippen LogP contribution in [0, 0.1) is 3.57 Å². The Balaban J connectivity index is 1.71. The molecule has 0 fully saturated rings. The lowest BCUT2D eigenvalue weighted by Gasteiger charge is -2.11. The maximum Gasteiger partial charge on any atom is 0.256 e. The Hall–Kier alpha value is -2.48. The summed E-state index contributed by atoms with van der Waals surface area (Å²) >= 11 is 2.20. The van der Waals surface area contributed by atoms with Crippen molar-refractivity contribution in [1.29, 1.82) is 0 Å². The van der Waals surface area contributed by atoms with Crippen molar-refractivity contribution in [3.63, 3.8) is 0 Å². The third kappa shape index (κ3) is 4.29. The molecule has 0 bridgehead atoms. The summed E-state index contributed by atoms with van der Waals surface area (Å²) in [5.74, 6) is 0.696. The molecule has 1 aromatic carbocycles. The fourth-order valence-electron chi connectivity index (χ4n) is 2.02. The first-order valence-corrected chi connectivity index (χ1v) is 8.34. The van der Waals surface area contributed by atoms with E-state index in [2.05, 4.69) is 37.9 Å². The van der Waals surface area contributed by atoms with Gasteiger partial charge < -0.3 is 10.1 Å². The summed E-state index contributed by atoms with van der Waals surface area (Å²) in [6.45, 7) is 0.376. The lowest BCUT2D eigenvalue weighted by molar-refractivity contribution is 0.102. The summed E-state index contributed by atoms with van der Waals surface area (Å²) in [6.07, 6.45) is 5.03. The van der Waals surface area contributed by atoms with Crippen LogP contribution in [0.4, 0.5) is 5.82 Å². The van der Waals surface area contributed by atoms with Crippen molar-refractivity contribution in [2.45, 2.75) is 6.61 Å². The molecule has 0 radical (unpaired) electrons. The monoisotopic (exact) mass is 431 g/mol. The highest BCUT2D eigenvalue weighted by Gasteiger charge is 2.11. The average Bonchev–Trinajstić information content (AvgIpc) is 2.62. The van der Waals surface area contributed by atoms with Crippen LogP contribution in [0.5, 0.6) is 5.75 Å². The van der Waals surface area contributed by atoms with Gasteiger partial charge in [-0.3, -0.25) is 9.78 Å². The van der Waals surface area contributed by atoms with Gasteiger partial charge in [0.2, 0.25) is 0 Å². The normalized spacial score (nSPS) is 10.2. The number of nitrogens with one attached hydrogen (secondary N) is 1. The Morgan fingerprint density at radius 2 is 1.79 bits per heavy atom. The van der Waals surface area contributed by atoms with Crippen molar-refractivity contribution < 1.29 is 9.53 Å². The van der Waals surface area contributed by atoms with Crippen molar-refractivity contribution >= 4 is 34.3 Å². The number of carbonyl (C=O) groups is 1. The van der Waals surface area contributed by atoms with E-state index in [9.17, 15) is 4.79 Å². The molecule has 0 saturated heterocycles. The molecule has 6 heteroatoms. The Morgan fingerprint density at radius 3 is 2.54 bits per heavy atom. The van der Waals surface area contributed by atoms with Gasteiger partial charge in [0.1, 0.15) is 6.61 Å². The molecule has 24 heavy (non-hydrogen) atoms. The van der Waals surface area contributed by atoms with Gasteiger partial charge in [-0.1, -0.05) is 0 Å². The second-order valence-corrected chi connectivity index (χ2v) is 6.20. The van der Waals surface area contributed by atoms with E-state index in [1.807, 2.05) is 24.3 Å². The Kier molecular flexibility index (Phi) is 5.37. The second-order valence-electron chi connectivity index (χ2n) is 4.96. The summed E-state index contributed by atoms with van der Waals surface area (Å²) in [6, 6.07) is 14.6. The van der Waals surface area contributed by atoms with E-state index in [0.717, 1.165) is 9.13 Å². The molecule has 120 valence electrons. The van der Waals surface area contributed by atoms with Crippen molar-refractivity contribution in [3.8, 4) is 5.75 Å². The number of anilines is 1. The molecular weight excluding hydrogens is 417 g/mol. The predicted molar refractivity (Wildman–Crippen MR) is 99.9 cm³/mol. The predicted octanol–water partition coefficient (Wildman–Crippen LogP) is 3.91. The van der Waals surface area contributed by atoms with Crippen LogP contribution in [0.1, 0.15) is 15.9 Å². The van der Waals surface area contributed by atoms with Crippen LogP contribution in [-0.2, 0) is 6.61 Å². The molecule has 0 atom stereocenters. The number of rotatable bonds is 5. The molecule has 0 aliphatic heterocycles. The number of nitrogens with zero attached hydrogens (tertiary/aromatic N) is 2. The molecule has 2 aromatic heterocycles. The first-order chi connectivity index (χ1) is 11.7. The summed E-state index contributed by atoms with van der Waals surface area (Å²) in [4.78, 5) is 20.5. The summed E-state index contributed by atoms with van der Waals surface area (Å²) in [5, 5.41) is 2.79. The van der Waals surface area contributed by atoms with E-state index in [1.54, 1.807) is 42.9 Å². The van der Waals surface area contributed by atoms with Gasteiger partial charge >= 0.3 is 0 Å². The number of carbonyl (C=O) groups excluding carboxylic acids is 1. The smallest absolute Gasteiger partial charge is 0.256 e. The number of hydrogen-bond donors (Lipinski definition) is 1. The van der Waals surface area contributed by atoms with Gasteiger partial charge in [-0.25, -0.2) is 4.98 Å². The van der Waals surface area contributed by atoms with Crippen LogP contribution in [-0.4, -0.2) is 15.9 Å². The zero-order valence-corrected chi connectivity index (χ0v) is 14.8. The molecule has 1 N–H and O–H groups in total. The Bertz CT molecular complexity index is 823. The number of ether oxygens (including phenoxy) is 1. The van der Waals surface area contributed by atoms with E-state index in [4.69, 9.17) is 4.74 Å². The lowest BCUT2D eigenvalue weighted by atomic mass is 10.2. The van der Waals surface area contributed by atoms with E-state index < -0.39 is 0 Å². The molecule has 0 aliphatic rings. The van der Waals surface area contributed by atoms with E-state index in [0.29, 0.717) is 23.7 Å². The minimum absolute atomic E-state index is 0.223. The van der Waals surface area contributed by atoms with Gasteiger partial charge in [-0.15, -0.1) is 0 Å². The van der Waals surface area contributed by atoms with Crippen LogP contribution in [0.2, 0.25) is 0 Å². The van der Waals surface area contributed by atoms with Crippen LogP contribution in [0.15, 0.2) is 67.1 Å². The van der Waals surface area contributed by atoms with Crippen LogP contribution >= 0.6 is 22.6 Å². The Labute approximate surface area is 153 Å². The molecule has 3 aromatic rings. The number of aromatic nitrogens is 2. The van der Waals surface area contributed by atoms with Crippen molar-refractivity contribution in [1.82, 2.24) is 9.97 Å². The molecule has 3 rings (SSSR count). The molecule has 0 saturated carbocycles. The Morgan fingerprint density at radius 1 is 1.04 bits per heavy atom. The highest BCUT2D eigenvalue weighted by atomic mass is 127. The van der Waals surface area contributed by atoms with Crippen molar-refractivity contribution in [2.24, 2.45) is 0 Å². The number of pyridine rings is 2. The van der Waals surface area contributed by atoms with Gasteiger partial charge in [0.05, 0.1) is 0 Å². The largest absolute Gasteiger partial charge is 0.485 e. The van der Waals surface area contributed by atoms with Crippen LogP contribution in [0.3, 0.4) is 0 Å². The summed E-state index contributed by atoms with van der Waals surface area (Å²) in [7, 11) is 0. The molecule has 0 aliphatic carbocycles. The van der Waals surface area contributed by atoms with Gasteiger partial charge in [-0.2, -0.15) is 0 Å². The van der Waals surface area contributed by atoms with Gasteiger partial charge in [0.15, 0.2) is 11.6 Å². The minimum Gasteiger partial charge on any atom is -0.485 e. The van der Waals surface area contributed by atoms with Crippen LogP contribution < -0.4 is 10.1 Å². The van der Waals surface area contributed by atoms with Gasteiger partial charge in [0, 0.05) is 27.7 Å². The number of amides is 1. The molecular formula is C18H14IN3O2. The summed E-state index contributed by atoms with van der Waals surface area (Å²) in [5.41, 5.74) is 1.56. The third-order valence-corrected chi connectivity index (χ3v) is 3.97. The lowest BCUT2D eigenvalue weighted by Crippen LogP contribution is -2.14. The molecule has 0 spiro atoms. The highest BCUT2D eigenvalue weighted by molar-refractivity contribution is 14.1. The maximum atomic E-state index is 12.3. The zero-order chi connectivity index (χ0) is 16.8. The van der Waals surface area contributed by atoms with E-state index in [1.165, 1.54) is 0 Å². The quantitative estimate of drug-likeness (QED) is 0.623. The minimum atomic E-state index is -0.223. The molecule has 2 heterocycles. The average molecular weight is 431 g/mol. The SMILES string of the molecule is O=C(Nc1ncccc1OCc1ccncc1)c1ccc(I)cc1. The van der Waals surface area contributed by atoms with Gasteiger partial charge in [-0.05, 0) is 76.7 Å². The third-order valence-electron chi connectivity index (χ3n) is 3.25. The fourth-order valence-corrected chi connectivity index (χ4v) is 2.38. The first kappa shape index (κ1) is 16.4. The molecule has 5 nitrogen and oxygen atoms in total. The number of hydrogen-bond acceptors (Lipinski definition) is 4. The van der Waals surface area contributed by atoms with Crippen molar-refractivity contribution in [2.75, 3.05) is 5.32 Å². The topological polar surface area (TPSA) is 64.1 Å². The fraction of sp³-hybridized carbons (Fsp3) is 0.0556. The summed E-state index contributed by atoms with van der Waals surface area (Å²) < 4.78 is 6.85. The maximum absolute atomic E-state index is 12.3. The molecule has 1 amide bonds. The highest BCUT2D eigenvalue weighted by Crippen LogP contribution is 2.22. The van der Waals surface area contributed by atoms with E-state index in [-0.39, 0.29) is 5.91 Å². The molecule has 0 unspecified atom stereocenters. The standard InChI is InChI=1S/C18H14IN3O2/c19-15-5-3-14(4-6-15)18(23)22-17-16(2-1-9-21-17)24-12-13-7-10-20-11-8-13/h1-11H,12H2,(H,21,22,23). The van der Waals surface area contributed by atoms with Crippen LogP contribution in [0.25, 0.3) is 0 Å². The first-order valence-electron chi connectivity index (χ1n) is 7.26. The van der Waals surface area contributed by atoms with E-state index >= 15 is 0 Å². The van der Waals surface area contributed by atoms with Gasteiger partial charge in [0.25, 0.3) is 5.91 Å². The number of halogens is 1. The second kappa shape index (κ2) is 7.87. The number of benzene rings is 1.